The summed E-state index contributed by atoms with van der Waals surface area (Å²) in [4.78, 5) is 4.31. The first kappa shape index (κ1) is 27.5. The number of methoxy groups -OCH3 is 1. The molecule has 0 aliphatic rings. The number of nitrogens with zero attached hydrogens (tertiary/aromatic N) is 1. The number of hydrogen-bond donors (Lipinski definition) is 2. The van der Waals surface area contributed by atoms with Crippen LogP contribution in [0.4, 0.5) is 15.8 Å². The fraction of sp³-hybridized carbons (Fsp3) is 0.156. The summed E-state index contributed by atoms with van der Waals surface area (Å²) in [5.41, 5.74) is 3.78. The zero-order valence-corrected chi connectivity index (χ0v) is 24.7. The largest absolute Gasteiger partial charge is 0.548 e. The number of phenolic OH excluding ortho intramolecular Hbond substituents is 1. The molecular weight excluding hydrogens is 543 g/mol. The van der Waals surface area contributed by atoms with Crippen LogP contribution in [0.1, 0.15) is 30.9 Å². The van der Waals surface area contributed by atoms with Gasteiger partial charge in [-0.05, 0) is 34.4 Å². The SMILES string of the molecule is COc1cc2c(Nc3cc(O[SiH2]C(C)(C)C(c4ccccc4)c4ccccc4)c(Cl)cc3F)ccnc2cc1O. The van der Waals surface area contributed by atoms with Crippen LogP contribution < -0.4 is 14.5 Å². The van der Waals surface area contributed by atoms with Crippen LogP contribution in [-0.2, 0) is 0 Å². The summed E-state index contributed by atoms with van der Waals surface area (Å²) < 4.78 is 26.8. The highest BCUT2D eigenvalue weighted by molar-refractivity contribution is 6.36. The molecule has 2 N–H and O–H groups in total. The van der Waals surface area contributed by atoms with E-state index in [1.54, 1.807) is 24.4 Å². The topological polar surface area (TPSA) is 63.6 Å². The van der Waals surface area contributed by atoms with Crippen molar-refractivity contribution in [2.45, 2.75) is 24.8 Å². The molecule has 1 aromatic heterocycles. The molecule has 5 aromatic rings. The molecule has 8 heteroatoms. The number of pyridine rings is 1. The highest BCUT2D eigenvalue weighted by Gasteiger charge is 2.34. The minimum atomic E-state index is -1.25. The molecule has 0 fully saturated rings. The molecule has 0 bridgehead atoms. The van der Waals surface area contributed by atoms with Gasteiger partial charge in [0.25, 0.3) is 0 Å². The van der Waals surface area contributed by atoms with E-state index >= 15 is 4.39 Å². The lowest BCUT2D eigenvalue weighted by Crippen LogP contribution is -2.27. The van der Waals surface area contributed by atoms with Crippen LogP contribution in [0, 0.1) is 5.82 Å². The van der Waals surface area contributed by atoms with Crippen LogP contribution in [-0.4, -0.2) is 27.0 Å². The van der Waals surface area contributed by atoms with Gasteiger partial charge in [-0.2, -0.15) is 0 Å². The predicted molar refractivity (Wildman–Crippen MR) is 163 cm³/mol. The van der Waals surface area contributed by atoms with E-state index in [1.165, 1.54) is 30.4 Å². The summed E-state index contributed by atoms with van der Waals surface area (Å²) in [7, 11) is 0.221. The van der Waals surface area contributed by atoms with Gasteiger partial charge >= 0.3 is 0 Å². The fourth-order valence-corrected chi connectivity index (χ4v) is 6.75. The van der Waals surface area contributed by atoms with Gasteiger partial charge < -0.3 is 19.6 Å². The number of nitrogens with one attached hydrogen (secondary N) is 1. The van der Waals surface area contributed by atoms with Gasteiger partial charge in [-0.1, -0.05) is 86.1 Å². The van der Waals surface area contributed by atoms with E-state index in [1.807, 2.05) is 12.1 Å². The van der Waals surface area contributed by atoms with E-state index in [4.69, 9.17) is 20.8 Å². The quantitative estimate of drug-likeness (QED) is 0.175. The van der Waals surface area contributed by atoms with Crippen molar-refractivity contribution in [1.29, 1.82) is 0 Å². The third-order valence-corrected chi connectivity index (χ3v) is 8.88. The minimum Gasteiger partial charge on any atom is -0.548 e. The first-order chi connectivity index (χ1) is 19.3. The van der Waals surface area contributed by atoms with Gasteiger partial charge in [-0.15, -0.1) is 0 Å². The Morgan fingerprint density at radius 3 is 2.17 bits per heavy atom. The Balaban J connectivity index is 1.44. The molecule has 5 nitrogen and oxygen atoms in total. The Hall–Kier alpha value is -4.07. The van der Waals surface area contributed by atoms with E-state index in [-0.39, 0.29) is 27.4 Å². The number of benzene rings is 4. The van der Waals surface area contributed by atoms with Crippen molar-refractivity contribution in [3.8, 4) is 17.2 Å². The van der Waals surface area contributed by atoms with E-state index in [2.05, 4.69) is 72.7 Å². The van der Waals surface area contributed by atoms with Crippen LogP contribution in [0.3, 0.4) is 0 Å². The van der Waals surface area contributed by atoms with E-state index < -0.39 is 15.6 Å². The zero-order valence-electron chi connectivity index (χ0n) is 22.5. The molecule has 0 saturated carbocycles. The number of ether oxygens (including phenoxy) is 1. The van der Waals surface area contributed by atoms with Gasteiger partial charge in [0, 0.05) is 35.3 Å². The van der Waals surface area contributed by atoms with Gasteiger partial charge in [0.15, 0.2) is 11.5 Å². The highest BCUT2D eigenvalue weighted by Crippen LogP contribution is 2.46. The lowest BCUT2D eigenvalue weighted by atomic mass is 9.82. The molecule has 0 amide bonds. The second-order valence-electron chi connectivity index (χ2n) is 10.3. The van der Waals surface area contributed by atoms with Crippen molar-refractivity contribution in [2.75, 3.05) is 12.4 Å². The van der Waals surface area contributed by atoms with Crippen molar-refractivity contribution < 1.29 is 18.7 Å². The minimum absolute atomic E-state index is 0.0232. The smallest absolute Gasteiger partial charge is 0.226 e. The molecule has 4 aromatic carbocycles. The van der Waals surface area contributed by atoms with Crippen molar-refractivity contribution in [1.82, 2.24) is 4.98 Å². The molecule has 5 rings (SSSR count). The number of aromatic nitrogens is 1. The first-order valence-corrected chi connectivity index (χ1v) is 14.6. The Morgan fingerprint density at radius 2 is 1.55 bits per heavy atom. The summed E-state index contributed by atoms with van der Waals surface area (Å²) in [6.07, 6.45) is 1.59. The van der Waals surface area contributed by atoms with Crippen LogP contribution in [0.2, 0.25) is 10.1 Å². The van der Waals surface area contributed by atoms with Crippen molar-refractivity contribution in [2.24, 2.45) is 0 Å². The van der Waals surface area contributed by atoms with Gasteiger partial charge in [-0.3, -0.25) is 4.98 Å². The molecule has 0 atom stereocenters. The fourth-order valence-electron chi connectivity index (χ4n) is 5.05. The lowest BCUT2D eigenvalue weighted by Gasteiger charge is -2.35. The summed E-state index contributed by atoms with van der Waals surface area (Å²) in [6.45, 7) is 4.43. The second kappa shape index (κ2) is 11.6. The number of halogens is 2. The summed E-state index contributed by atoms with van der Waals surface area (Å²) >= 11 is 6.47. The van der Waals surface area contributed by atoms with Crippen LogP contribution >= 0.6 is 11.6 Å². The van der Waals surface area contributed by atoms with Gasteiger partial charge in [0.1, 0.15) is 11.6 Å². The Labute approximate surface area is 240 Å². The summed E-state index contributed by atoms with van der Waals surface area (Å²) in [5, 5.41) is 14.0. The molecule has 0 spiro atoms. The maximum absolute atomic E-state index is 15.1. The number of hydrogen-bond acceptors (Lipinski definition) is 5. The van der Waals surface area contributed by atoms with Crippen LogP contribution in [0.25, 0.3) is 10.9 Å². The number of aromatic hydroxyl groups is 1. The van der Waals surface area contributed by atoms with Gasteiger partial charge in [0.05, 0.1) is 23.3 Å². The van der Waals surface area contributed by atoms with Crippen LogP contribution in [0.5, 0.6) is 17.2 Å². The molecule has 0 saturated heterocycles. The third-order valence-electron chi connectivity index (χ3n) is 6.98. The normalized spacial score (nSPS) is 11.8. The van der Waals surface area contributed by atoms with Crippen LogP contribution in [0.15, 0.2) is 97.2 Å². The Bertz CT molecular complexity index is 1600. The molecule has 40 heavy (non-hydrogen) atoms. The standard InChI is InChI=1S/C32H30ClFN2O3Si/c1-32(2,31(20-10-6-4-7-11-20)21-12-8-5-9-13-21)40-39-29-19-27(24(34)17-23(29)33)36-25-14-15-35-26-18-28(37)30(38-3)16-22(25)26/h4-19,31,37H,40H2,1-3H3,(H,35,36). The zero-order chi connectivity index (χ0) is 28.3. The van der Waals surface area contributed by atoms with Crippen molar-refractivity contribution >= 4 is 43.6 Å². The maximum Gasteiger partial charge on any atom is 0.226 e. The molecular formula is C32H30ClFN2O3Si. The maximum atomic E-state index is 15.1. The molecule has 0 unspecified atom stereocenters. The van der Waals surface area contributed by atoms with Crippen molar-refractivity contribution in [3.05, 3.63) is 119 Å². The van der Waals surface area contributed by atoms with Gasteiger partial charge in [0.2, 0.25) is 9.76 Å². The first-order valence-electron chi connectivity index (χ1n) is 12.9. The Morgan fingerprint density at radius 1 is 0.900 bits per heavy atom. The number of rotatable bonds is 9. The summed E-state index contributed by atoms with van der Waals surface area (Å²) in [6, 6.07) is 28.6. The monoisotopic (exact) mass is 572 g/mol. The molecule has 1 heterocycles. The second-order valence-corrected chi connectivity index (χ2v) is 13.1. The molecule has 204 valence electrons. The number of phenols is 1. The molecule has 0 aliphatic carbocycles. The number of anilines is 2. The lowest BCUT2D eigenvalue weighted by molar-refractivity contribution is 0.374. The third kappa shape index (κ3) is 5.76. The average molecular weight is 573 g/mol. The summed E-state index contributed by atoms with van der Waals surface area (Å²) in [5.74, 6) is 0.306. The molecule has 0 aliphatic heterocycles. The molecule has 0 radical (unpaired) electrons. The van der Waals surface area contributed by atoms with E-state index in [0.29, 0.717) is 28.1 Å². The Kier molecular flexibility index (Phi) is 7.96. The van der Waals surface area contributed by atoms with Crippen molar-refractivity contribution in [3.63, 3.8) is 0 Å². The highest BCUT2D eigenvalue weighted by atomic mass is 35.5. The average Bonchev–Trinajstić information content (AvgIpc) is 2.94. The van der Waals surface area contributed by atoms with E-state index in [9.17, 15) is 5.11 Å². The van der Waals surface area contributed by atoms with E-state index in [0.717, 1.165) is 0 Å². The predicted octanol–water partition coefficient (Wildman–Crippen LogP) is 7.98. The van der Waals surface area contributed by atoms with Gasteiger partial charge in [-0.25, -0.2) is 4.39 Å². The number of fused-ring (bicyclic) bond motifs is 1.